The van der Waals surface area contributed by atoms with E-state index in [1.165, 1.54) is 0 Å². The summed E-state index contributed by atoms with van der Waals surface area (Å²) in [5.41, 5.74) is 3.74. The smallest absolute Gasteiger partial charge is 0.359 e. The van der Waals surface area contributed by atoms with Gasteiger partial charge >= 0.3 is 5.97 Å². The van der Waals surface area contributed by atoms with Gasteiger partial charge in [-0.25, -0.2) is 9.78 Å². The number of aryl methyl sites for hydroxylation is 1. The van der Waals surface area contributed by atoms with Crippen molar-refractivity contribution < 1.29 is 13.9 Å². The summed E-state index contributed by atoms with van der Waals surface area (Å²) in [5.74, 6) is 0.0478. The van der Waals surface area contributed by atoms with Gasteiger partial charge in [0.1, 0.15) is 16.9 Å². The molecule has 35 heavy (non-hydrogen) atoms. The maximum atomic E-state index is 13.3. The third-order valence-corrected chi connectivity index (χ3v) is 5.67. The van der Waals surface area contributed by atoms with E-state index in [1.54, 1.807) is 25.3 Å². The second-order valence-corrected chi connectivity index (χ2v) is 9.75. The number of ether oxygens (including phenoxy) is 1. The lowest BCUT2D eigenvalue weighted by Gasteiger charge is -2.22. The highest BCUT2D eigenvalue weighted by Gasteiger charge is 2.24. The van der Waals surface area contributed by atoms with E-state index >= 15 is 0 Å². The van der Waals surface area contributed by atoms with Gasteiger partial charge in [-0.3, -0.25) is 4.79 Å². The van der Waals surface area contributed by atoms with Crippen LogP contribution in [0.4, 0.5) is 5.69 Å². The van der Waals surface area contributed by atoms with Crippen LogP contribution in [0.15, 0.2) is 70.0 Å². The predicted molar refractivity (Wildman–Crippen MR) is 139 cm³/mol. The average molecular weight is 471 g/mol. The van der Waals surface area contributed by atoms with Crippen molar-refractivity contribution in [2.24, 2.45) is 0 Å². The van der Waals surface area contributed by atoms with Crippen molar-refractivity contribution in [1.29, 1.82) is 0 Å². The van der Waals surface area contributed by atoms with Gasteiger partial charge in [-0.2, -0.15) is 0 Å². The van der Waals surface area contributed by atoms with Crippen molar-refractivity contribution in [1.82, 2.24) is 4.98 Å². The standard InChI is InChI=1S/C29H30N2O4/c1-17-15-21(19(3)31-23-13-10-14-30-24(23)28(33)35-29(4,5)6)27-22(16-17)25(32)18(2)26(34-27)20-11-8-7-9-12-20/h7-16,19,31H,1-6H3. The van der Waals surface area contributed by atoms with Crippen LogP contribution in [0.3, 0.4) is 0 Å². The molecule has 2 aromatic carbocycles. The lowest BCUT2D eigenvalue weighted by atomic mass is 9.98. The minimum Gasteiger partial charge on any atom is -0.455 e. The number of carbonyl (C=O) groups excluding carboxylic acids is 1. The Balaban J connectivity index is 1.81. The minimum absolute atomic E-state index is 0.0573. The minimum atomic E-state index is -0.640. The SMILES string of the molecule is Cc1cc(C(C)Nc2cccnc2C(=O)OC(C)(C)C)c2oc(-c3ccccc3)c(C)c(=O)c2c1. The number of pyridine rings is 1. The first-order chi connectivity index (χ1) is 16.5. The Morgan fingerprint density at radius 2 is 1.77 bits per heavy atom. The van der Waals surface area contributed by atoms with Gasteiger partial charge in [-0.15, -0.1) is 0 Å². The van der Waals surface area contributed by atoms with Crippen molar-refractivity contribution in [3.05, 3.63) is 93.4 Å². The lowest BCUT2D eigenvalue weighted by Crippen LogP contribution is -2.25. The zero-order valence-corrected chi connectivity index (χ0v) is 20.9. The number of nitrogens with zero attached hydrogens (tertiary/aromatic N) is 1. The summed E-state index contributed by atoms with van der Waals surface area (Å²) in [6.45, 7) is 11.2. The zero-order chi connectivity index (χ0) is 25.3. The Kier molecular flexibility index (Phi) is 6.48. The first-order valence-electron chi connectivity index (χ1n) is 11.6. The number of hydrogen-bond donors (Lipinski definition) is 1. The van der Waals surface area contributed by atoms with Gasteiger partial charge in [0.05, 0.1) is 17.1 Å². The van der Waals surface area contributed by atoms with Gasteiger partial charge in [-0.1, -0.05) is 36.4 Å². The molecule has 0 saturated carbocycles. The summed E-state index contributed by atoms with van der Waals surface area (Å²) in [6, 6.07) is 16.7. The highest BCUT2D eigenvalue weighted by atomic mass is 16.6. The molecule has 1 N–H and O–H groups in total. The zero-order valence-electron chi connectivity index (χ0n) is 20.9. The van der Waals surface area contributed by atoms with Crippen molar-refractivity contribution >= 4 is 22.6 Å². The topological polar surface area (TPSA) is 81.4 Å². The number of rotatable bonds is 5. The number of anilines is 1. The van der Waals surface area contributed by atoms with E-state index in [4.69, 9.17) is 9.15 Å². The second kappa shape index (κ2) is 9.37. The third kappa shape index (κ3) is 5.11. The van der Waals surface area contributed by atoms with Crippen LogP contribution in [0.5, 0.6) is 0 Å². The molecule has 4 aromatic rings. The van der Waals surface area contributed by atoms with Crippen LogP contribution in [-0.4, -0.2) is 16.6 Å². The van der Waals surface area contributed by atoms with Crippen LogP contribution < -0.4 is 10.7 Å². The van der Waals surface area contributed by atoms with Gasteiger partial charge in [0.25, 0.3) is 0 Å². The van der Waals surface area contributed by atoms with Crippen LogP contribution in [0.25, 0.3) is 22.3 Å². The number of aromatic nitrogens is 1. The van der Waals surface area contributed by atoms with Gasteiger partial charge in [0, 0.05) is 22.9 Å². The van der Waals surface area contributed by atoms with E-state index in [1.807, 2.05) is 77.1 Å². The molecule has 0 amide bonds. The predicted octanol–water partition coefficient (Wildman–Crippen LogP) is 6.60. The monoisotopic (exact) mass is 470 g/mol. The van der Waals surface area contributed by atoms with Crippen molar-refractivity contribution in [3.63, 3.8) is 0 Å². The fourth-order valence-electron chi connectivity index (χ4n) is 4.08. The number of benzene rings is 2. The summed E-state index contributed by atoms with van der Waals surface area (Å²) in [5, 5.41) is 3.91. The molecule has 2 heterocycles. The number of nitrogens with one attached hydrogen (secondary N) is 1. The largest absolute Gasteiger partial charge is 0.455 e. The lowest BCUT2D eigenvalue weighted by molar-refractivity contribution is 0.00640. The van der Waals surface area contributed by atoms with E-state index in [2.05, 4.69) is 10.3 Å². The number of carbonyl (C=O) groups is 1. The summed E-state index contributed by atoms with van der Waals surface area (Å²) < 4.78 is 11.9. The molecule has 180 valence electrons. The molecular weight excluding hydrogens is 440 g/mol. The summed E-state index contributed by atoms with van der Waals surface area (Å²) in [7, 11) is 0. The number of hydrogen-bond acceptors (Lipinski definition) is 6. The first-order valence-corrected chi connectivity index (χ1v) is 11.6. The van der Waals surface area contributed by atoms with Gasteiger partial charge < -0.3 is 14.5 Å². The summed E-state index contributed by atoms with van der Waals surface area (Å²) in [6.07, 6.45) is 1.56. The van der Waals surface area contributed by atoms with Crippen molar-refractivity contribution in [2.75, 3.05) is 5.32 Å². The maximum absolute atomic E-state index is 13.3. The highest BCUT2D eigenvalue weighted by Crippen LogP contribution is 2.32. The van der Waals surface area contributed by atoms with Crippen LogP contribution >= 0.6 is 0 Å². The molecule has 0 fully saturated rings. The van der Waals surface area contributed by atoms with E-state index in [-0.39, 0.29) is 17.2 Å². The van der Waals surface area contributed by atoms with Crippen molar-refractivity contribution in [2.45, 2.75) is 53.2 Å². The summed E-state index contributed by atoms with van der Waals surface area (Å²) >= 11 is 0. The van der Waals surface area contributed by atoms with Crippen LogP contribution in [0, 0.1) is 13.8 Å². The fraction of sp³-hybridized carbons (Fsp3) is 0.276. The average Bonchev–Trinajstić information content (AvgIpc) is 2.81. The second-order valence-electron chi connectivity index (χ2n) is 9.75. The molecule has 2 aromatic heterocycles. The molecule has 1 unspecified atom stereocenters. The Morgan fingerprint density at radius 3 is 2.46 bits per heavy atom. The summed E-state index contributed by atoms with van der Waals surface area (Å²) in [4.78, 5) is 30.4. The molecule has 0 saturated heterocycles. The molecule has 6 heteroatoms. The molecule has 0 spiro atoms. The molecule has 6 nitrogen and oxygen atoms in total. The van der Waals surface area contributed by atoms with E-state index in [0.29, 0.717) is 28.0 Å². The van der Waals surface area contributed by atoms with Crippen molar-refractivity contribution in [3.8, 4) is 11.3 Å². The third-order valence-electron chi connectivity index (χ3n) is 5.67. The quantitative estimate of drug-likeness (QED) is 0.331. The van der Waals surface area contributed by atoms with Gasteiger partial charge in [0.2, 0.25) is 0 Å². The molecule has 0 aliphatic rings. The van der Waals surface area contributed by atoms with Crippen LogP contribution in [0.2, 0.25) is 0 Å². The van der Waals surface area contributed by atoms with Crippen LogP contribution in [-0.2, 0) is 4.74 Å². The highest BCUT2D eigenvalue weighted by molar-refractivity contribution is 5.94. The molecule has 0 radical (unpaired) electrons. The molecular formula is C29H30N2O4. The van der Waals surface area contributed by atoms with Gasteiger partial charge in [0.15, 0.2) is 11.1 Å². The van der Waals surface area contributed by atoms with E-state index in [0.717, 1.165) is 16.7 Å². The molecule has 0 bridgehead atoms. The van der Waals surface area contributed by atoms with Gasteiger partial charge in [-0.05, 0) is 65.3 Å². The molecule has 4 rings (SSSR count). The van der Waals surface area contributed by atoms with Crippen LogP contribution in [0.1, 0.15) is 60.9 Å². The number of esters is 1. The Labute approximate surface area is 205 Å². The Bertz CT molecular complexity index is 1450. The molecule has 0 aliphatic heterocycles. The first kappa shape index (κ1) is 24.2. The Hall–Kier alpha value is -3.93. The van der Waals surface area contributed by atoms with E-state index in [9.17, 15) is 9.59 Å². The fourth-order valence-corrected chi connectivity index (χ4v) is 4.08. The Morgan fingerprint density at radius 1 is 1.06 bits per heavy atom. The maximum Gasteiger partial charge on any atom is 0.359 e. The normalized spacial score (nSPS) is 12.4. The molecule has 0 aliphatic carbocycles. The van der Waals surface area contributed by atoms with E-state index < -0.39 is 11.6 Å². The number of fused-ring (bicyclic) bond motifs is 1. The molecule has 1 atom stereocenters.